The van der Waals surface area contributed by atoms with Crippen LogP contribution in [0.25, 0.3) is 0 Å². The van der Waals surface area contributed by atoms with Gasteiger partial charge in [0.15, 0.2) is 0 Å². The van der Waals surface area contributed by atoms with Gasteiger partial charge in [-0.25, -0.2) is 0 Å². The van der Waals surface area contributed by atoms with Gasteiger partial charge in [0.05, 0.1) is 0 Å². The summed E-state index contributed by atoms with van der Waals surface area (Å²) >= 11 is 0. The van der Waals surface area contributed by atoms with Gasteiger partial charge in [-0.05, 0) is 9.24 Å². The Bertz CT molecular complexity index is 659. The third kappa shape index (κ3) is 5.43. The van der Waals surface area contributed by atoms with Crippen LogP contribution in [0.5, 0.6) is 0 Å². The molecule has 6 heteroatoms. The van der Waals surface area contributed by atoms with E-state index in [4.69, 9.17) is 0 Å². The highest BCUT2D eigenvalue weighted by atomic mass is 31.0. The second-order valence-corrected chi connectivity index (χ2v) is 6.56. The Balaban J connectivity index is 0.000000399. The van der Waals surface area contributed by atoms with Crippen LogP contribution in [0, 0.1) is 0 Å². The van der Waals surface area contributed by atoms with Crippen molar-refractivity contribution in [2.24, 2.45) is 0 Å². The molecule has 0 N–H and O–H groups in total. The molecule has 130 valence electrons. The fourth-order valence-electron chi connectivity index (χ4n) is 2.67. The minimum atomic E-state index is -6.00. The van der Waals surface area contributed by atoms with E-state index < -0.39 is 7.25 Å². The monoisotopic (exact) mass is 364 g/mol. The zero-order chi connectivity index (χ0) is 18.3. The zero-order valence-corrected chi connectivity index (χ0v) is 14.9. The van der Waals surface area contributed by atoms with Gasteiger partial charge < -0.3 is 17.3 Å². The molecule has 0 aliphatic heterocycles. The smallest absolute Gasteiger partial charge is 0.418 e. The molecule has 0 saturated heterocycles. The average molecular weight is 364 g/mol. The van der Waals surface area contributed by atoms with Crippen LogP contribution in [0.4, 0.5) is 17.3 Å². The van der Waals surface area contributed by atoms with Crippen molar-refractivity contribution in [2.45, 2.75) is 5.16 Å². The molecule has 0 heterocycles. The fraction of sp³-hybridized carbons (Fsp3) is 0.0526. The molecule has 0 saturated carbocycles. The highest BCUT2D eigenvalue weighted by Crippen LogP contribution is 2.44. The minimum absolute atomic E-state index is 0.0935. The molecule has 25 heavy (non-hydrogen) atoms. The summed E-state index contributed by atoms with van der Waals surface area (Å²) in [6.07, 6.45) is 0. The molecular formula is C19H18BF4P. The number of rotatable bonds is 3. The predicted octanol–water partition coefficient (Wildman–Crippen LogP) is 5.89. The number of hydrogen-bond donors (Lipinski definition) is 0. The van der Waals surface area contributed by atoms with Crippen molar-refractivity contribution in [1.29, 1.82) is 0 Å². The highest BCUT2D eigenvalue weighted by molar-refractivity contribution is 7.19. The maximum Gasteiger partial charge on any atom is 0.673 e. The van der Waals surface area contributed by atoms with Gasteiger partial charge in [0.2, 0.25) is 0 Å². The summed E-state index contributed by atoms with van der Waals surface area (Å²) in [5.41, 5.74) is 3.99. The molecule has 0 fully saturated rings. The highest BCUT2D eigenvalue weighted by Gasteiger charge is 2.36. The summed E-state index contributed by atoms with van der Waals surface area (Å²) in [6.45, 7) is 0. The van der Waals surface area contributed by atoms with Crippen molar-refractivity contribution in [1.82, 2.24) is 0 Å². The first-order valence-electron chi connectivity index (χ1n) is 7.71. The first-order valence-corrected chi connectivity index (χ1v) is 8.42. The van der Waals surface area contributed by atoms with Crippen molar-refractivity contribution >= 4 is 16.5 Å². The minimum Gasteiger partial charge on any atom is -0.418 e. The Morgan fingerprint density at radius 1 is 0.520 bits per heavy atom. The molecule has 0 amide bonds. The van der Waals surface area contributed by atoms with E-state index in [9.17, 15) is 17.3 Å². The van der Waals surface area contributed by atoms with Crippen molar-refractivity contribution in [3.8, 4) is 0 Å². The molecule has 3 aromatic carbocycles. The summed E-state index contributed by atoms with van der Waals surface area (Å²) in [7, 11) is -3.95. The van der Waals surface area contributed by atoms with Crippen LogP contribution < -0.4 is 0 Å². The average Bonchev–Trinajstić information content (AvgIpc) is 2.62. The molecule has 0 aliphatic carbocycles. The fourth-order valence-corrected chi connectivity index (χ4v) is 3.38. The molecular weight excluding hydrogens is 346 g/mol. The molecule has 3 rings (SSSR count). The molecule has 0 spiro atoms. The first kappa shape index (κ1) is 19.2. The lowest BCUT2D eigenvalue weighted by Crippen LogP contribution is -2.21. The summed E-state index contributed by atoms with van der Waals surface area (Å²) < 4.78 is 39.0. The predicted molar refractivity (Wildman–Crippen MR) is 100 cm³/mol. The Morgan fingerprint density at radius 2 is 0.720 bits per heavy atom. The van der Waals surface area contributed by atoms with Gasteiger partial charge in [-0.15, -0.1) is 0 Å². The Morgan fingerprint density at radius 3 is 0.920 bits per heavy atom. The Labute approximate surface area is 147 Å². The molecule has 0 aliphatic rings. The van der Waals surface area contributed by atoms with Gasteiger partial charge in [0.1, 0.15) is 5.16 Å². The van der Waals surface area contributed by atoms with Gasteiger partial charge >= 0.3 is 7.25 Å². The van der Waals surface area contributed by atoms with Crippen LogP contribution in [0.1, 0.15) is 16.7 Å². The summed E-state index contributed by atoms with van der Waals surface area (Å²) in [6, 6.07) is 32.2. The van der Waals surface area contributed by atoms with Crippen LogP contribution in [0.15, 0.2) is 91.0 Å². The number of halogens is 4. The van der Waals surface area contributed by atoms with E-state index in [1.807, 2.05) is 9.24 Å². The van der Waals surface area contributed by atoms with Crippen molar-refractivity contribution in [3.63, 3.8) is 0 Å². The second kappa shape index (κ2) is 8.31. The normalized spacial score (nSPS) is 11.5. The van der Waals surface area contributed by atoms with Gasteiger partial charge in [-0.2, -0.15) is 0 Å². The van der Waals surface area contributed by atoms with Crippen LogP contribution in [-0.4, -0.2) is 7.25 Å². The summed E-state index contributed by atoms with van der Waals surface area (Å²) in [5, 5.41) is -0.0935. The van der Waals surface area contributed by atoms with E-state index in [2.05, 4.69) is 91.0 Å². The third-order valence-electron chi connectivity index (χ3n) is 3.80. The largest absolute Gasteiger partial charge is 0.673 e. The second-order valence-electron chi connectivity index (χ2n) is 5.50. The van der Waals surface area contributed by atoms with Crippen LogP contribution in [0.2, 0.25) is 0 Å². The topological polar surface area (TPSA) is 0 Å². The van der Waals surface area contributed by atoms with Gasteiger partial charge in [-0.3, -0.25) is 0 Å². The van der Waals surface area contributed by atoms with E-state index in [1.165, 1.54) is 16.7 Å². The van der Waals surface area contributed by atoms with E-state index in [0.717, 1.165) is 0 Å². The molecule has 1 atom stereocenters. The molecule has 0 bridgehead atoms. The first-order chi connectivity index (χ1) is 11.8. The van der Waals surface area contributed by atoms with Crippen LogP contribution >= 0.6 is 9.24 Å². The van der Waals surface area contributed by atoms with E-state index in [0.29, 0.717) is 0 Å². The molecule has 1 unspecified atom stereocenters. The van der Waals surface area contributed by atoms with E-state index >= 15 is 0 Å². The van der Waals surface area contributed by atoms with Crippen LogP contribution in [0.3, 0.4) is 0 Å². The molecule has 0 nitrogen and oxygen atoms in total. The molecule has 0 aromatic heterocycles. The zero-order valence-electron chi connectivity index (χ0n) is 13.5. The van der Waals surface area contributed by atoms with Crippen molar-refractivity contribution in [2.75, 3.05) is 0 Å². The lowest BCUT2D eigenvalue weighted by molar-refractivity contribution is 0.368. The van der Waals surface area contributed by atoms with Crippen LogP contribution in [-0.2, 0) is 5.16 Å². The van der Waals surface area contributed by atoms with E-state index in [1.54, 1.807) is 0 Å². The Hall–Kier alpha value is -2.13. The summed E-state index contributed by atoms with van der Waals surface area (Å²) in [5.74, 6) is 0. The third-order valence-corrected chi connectivity index (χ3v) is 5.02. The maximum atomic E-state index is 9.75. The SMILES string of the molecule is F[B-](F)(F)F.[PH3+]C(c1ccccc1)(c1ccccc1)c1ccccc1. The summed E-state index contributed by atoms with van der Waals surface area (Å²) in [4.78, 5) is 0. The van der Waals surface area contributed by atoms with Crippen molar-refractivity contribution < 1.29 is 17.3 Å². The van der Waals surface area contributed by atoms with E-state index in [-0.39, 0.29) is 5.16 Å². The Kier molecular flexibility index (Phi) is 6.38. The number of benzene rings is 3. The molecule has 3 aromatic rings. The van der Waals surface area contributed by atoms with Gasteiger partial charge in [-0.1, -0.05) is 91.0 Å². The standard InChI is InChI=1S/C19H17P.BF4/c20-19(16-10-4-1-5-11-16,17-12-6-2-7-13-17)18-14-8-3-9-15-18;2-1(3,4)5/h1-15H,20H2;/q;-1/p+1. The quantitative estimate of drug-likeness (QED) is 0.235. The maximum absolute atomic E-state index is 9.75. The molecule has 0 radical (unpaired) electrons. The van der Waals surface area contributed by atoms with Gasteiger partial charge in [0, 0.05) is 16.7 Å². The lowest BCUT2D eigenvalue weighted by atomic mass is 9.84. The van der Waals surface area contributed by atoms with Gasteiger partial charge in [0.25, 0.3) is 0 Å². The number of hydrogen-bond acceptors (Lipinski definition) is 0. The lowest BCUT2D eigenvalue weighted by Gasteiger charge is -2.26. The van der Waals surface area contributed by atoms with Crippen molar-refractivity contribution in [3.05, 3.63) is 108 Å².